The van der Waals surface area contributed by atoms with Crippen molar-refractivity contribution in [3.63, 3.8) is 0 Å². The minimum atomic E-state index is 0. The standard InChI is InChI=1S/C14H22N2O3.ClH/c1-17-12-9-14(19-3)13(18-2)8-11(12)10-16-6-4-15-5-7-16;/h8-9,15H,4-7,10H2,1-3H3;1H. The normalized spacial score (nSPS) is 15.3. The van der Waals surface area contributed by atoms with Gasteiger partial charge in [0.15, 0.2) is 11.5 Å². The fourth-order valence-electron chi connectivity index (χ4n) is 2.33. The topological polar surface area (TPSA) is 43.0 Å². The number of hydrogen-bond donors (Lipinski definition) is 1. The largest absolute Gasteiger partial charge is 0.496 e. The first-order valence-corrected chi connectivity index (χ1v) is 6.50. The van der Waals surface area contributed by atoms with E-state index in [0.717, 1.165) is 49.8 Å². The zero-order valence-electron chi connectivity index (χ0n) is 12.3. The molecule has 5 nitrogen and oxygen atoms in total. The van der Waals surface area contributed by atoms with E-state index in [1.165, 1.54) is 0 Å². The van der Waals surface area contributed by atoms with E-state index < -0.39 is 0 Å². The van der Waals surface area contributed by atoms with Crippen LogP contribution in [0, 0.1) is 0 Å². The maximum atomic E-state index is 5.45. The summed E-state index contributed by atoms with van der Waals surface area (Å²) >= 11 is 0. The molecule has 114 valence electrons. The Morgan fingerprint density at radius 2 is 1.50 bits per heavy atom. The minimum absolute atomic E-state index is 0. The molecule has 0 aromatic heterocycles. The minimum Gasteiger partial charge on any atom is -0.496 e. The molecule has 1 N–H and O–H groups in total. The van der Waals surface area contributed by atoms with Crippen molar-refractivity contribution >= 4 is 12.4 Å². The van der Waals surface area contributed by atoms with Crippen LogP contribution in [0.1, 0.15) is 5.56 Å². The molecule has 1 aromatic rings. The summed E-state index contributed by atoms with van der Waals surface area (Å²) in [5.41, 5.74) is 1.13. The van der Waals surface area contributed by atoms with Gasteiger partial charge in [0.25, 0.3) is 0 Å². The van der Waals surface area contributed by atoms with Crippen LogP contribution in [0.25, 0.3) is 0 Å². The molecule has 1 aromatic carbocycles. The third-order valence-electron chi connectivity index (χ3n) is 3.39. The van der Waals surface area contributed by atoms with E-state index >= 15 is 0 Å². The van der Waals surface area contributed by atoms with Gasteiger partial charge >= 0.3 is 0 Å². The molecule has 2 rings (SSSR count). The molecule has 1 aliphatic heterocycles. The van der Waals surface area contributed by atoms with Crippen molar-refractivity contribution < 1.29 is 14.2 Å². The molecule has 1 fully saturated rings. The lowest BCUT2D eigenvalue weighted by Crippen LogP contribution is -2.42. The summed E-state index contributed by atoms with van der Waals surface area (Å²) < 4.78 is 16.1. The van der Waals surface area contributed by atoms with E-state index in [9.17, 15) is 0 Å². The summed E-state index contributed by atoms with van der Waals surface area (Å²) in [5.74, 6) is 2.29. The van der Waals surface area contributed by atoms with Crippen molar-refractivity contribution in [2.75, 3.05) is 47.5 Å². The first kappa shape index (κ1) is 16.9. The molecule has 6 heteroatoms. The highest BCUT2D eigenvalue weighted by Crippen LogP contribution is 2.35. The number of hydrogen-bond acceptors (Lipinski definition) is 5. The molecule has 20 heavy (non-hydrogen) atoms. The van der Waals surface area contributed by atoms with Gasteiger partial charge in [0.1, 0.15) is 5.75 Å². The fourth-order valence-corrected chi connectivity index (χ4v) is 2.33. The SMILES string of the molecule is COc1cc(OC)c(OC)cc1CN1CCNCC1.Cl. The third kappa shape index (κ3) is 3.91. The second kappa shape index (κ2) is 8.19. The van der Waals surface area contributed by atoms with Crippen molar-refractivity contribution in [1.82, 2.24) is 10.2 Å². The number of benzene rings is 1. The summed E-state index contributed by atoms with van der Waals surface area (Å²) in [5, 5.41) is 3.35. The van der Waals surface area contributed by atoms with Crippen LogP contribution in [0.3, 0.4) is 0 Å². The van der Waals surface area contributed by atoms with Gasteiger partial charge in [-0.05, 0) is 6.07 Å². The van der Waals surface area contributed by atoms with Crippen LogP contribution in [0.4, 0.5) is 0 Å². The van der Waals surface area contributed by atoms with E-state index in [0.29, 0.717) is 5.75 Å². The van der Waals surface area contributed by atoms with Crippen LogP contribution in [0.2, 0.25) is 0 Å². The van der Waals surface area contributed by atoms with Crippen molar-refractivity contribution in [3.8, 4) is 17.2 Å². The Morgan fingerprint density at radius 3 is 2.05 bits per heavy atom. The van der Waals surface area contributed by atoms with E-state index in [1.54, 1.807) is 21.3 Å². The summed E-state index contributed by atoms with van der Waals surface area (Å²) in [6.07, 6.45) is 0. The maximum absolute atomic E-state index is 5.45. The van der Waals surface area contributed by atoms with Crippen molar-refractivity contribution in [2.24, 2.45) is 0 Å². The zero-order valence-corrected chi connectivity index (χ0v) is 13.1. The molecule has 0 aliphatic carbocycles. The number of rotatable bonds is 5. The first-order valence-electron chi connectivity index (χ1n) is 6.50. The Balaban J connectivity index is 0.00000200. The van der Waals surface area contributed by atoms with Gasteiger partial charge in [-0.25, -0.2) is 0 Å². The number of nitrogens with zero attached hydrogens (tertiary/aromatic N) is 1. The molecule has 1 aliphatic rings. The second-order valence-corrected chi connectivity index (χ2v) is 4.55. The Bertz CT molecular complexity index is 423. The van der Waals surface area contributed by atoms with E-state index in [1.807, 2.05) is 12.1 Å². The lowest BCUT2D eigenvalue weighted by atomic mass is 10.1. The molecular formula is C14H23ClN2O3. The van der Waals surface area contributed by atoms with Crippen LogP contribution < -0.4 is 19.5 Å². The Hall–Kier alpha value is -1.17. The van der Waals surface area contributed by atoms with E-state index in [-0.39, 0.29) is 12.4 Å². The number of piperazine rings is 1. The Kier molecular flexibility index (Phi) is 6.91. The molecule has 0 radical (unpaired) electrons. The Morgan fingerprint density at radius 1 is 0.950 bits per heavy atom. The molecular weight excluding hydrogens is 280 g/mol. The van der Waals surface area contributed by atoms with E-state index in [2.05, 4.69) is 10.2 Å². The van der Waals surface area contributed by atoms with Gasteiger partial charge < -0.3 is 19.5 Å². The lowest BCUT2D eigenvalue weighted by molar-refractivity contribution is 0.229. The maximum Gasteiger partial charge on any atom is 0.164 e. The predicted octanol–water partition coefficient (Wildman–Crippen LogP) is 1.54. The van der Waals surface area contributed by atoms with Gasteiger partial charge in [-0.2, -0.15) is 0 Å². The number of methoxy groups -OCH3 is 3. The average Bonchev–Trinajstić information content (AvgIpc) is 2.47. The predicted molar refractivity (Wildman–Crippen MR) is 81.5 cm³/mol. The highest BCUT2D eigenvalue weighted by molar-refractivity contribution is 5.85. The summed E-state index contributed by atoms with van der Waals surface area (Å²) in [6, 6.07) is 3.88. The van der Waals surface area contributed by atoms with Gasteiger partial charge in [-0.1, -0.05) is 0 Å². The summed E-state index contributed by atoms with van der Waals surface area (Å²) in [7, 11) is 4.97. The fraction of sp³-hybridized carbons (Fsp3) is 0.571. The van der Waals surface area contributed by atoms with Crippen LogP contribution in [-0.4, -0.2) is 52.4 Å². The molecule has 1 saturated heterocycles. The van der Waals surface area contributed by atoms with Gasteiger partial charge in [-0.15, -0.1) is 12.4 Å². The average molecular weight is 303 g/mol. The first-order chi connectivity index (χ1) is 9.28. The summed E-state index contributed by atoms with van der Waals surface area (Å²) in [4.78, 5) is 2.40. The van der Waals surface area contributed by atoms with Crippen LogP contribution in [0.5, 0.6) is 17.2 Å². The summed E-state index contributed by atoms with van der Waals surface area (Å²) in [6.45, 7) is 5.05. The molecule has 1 heterocycles. The lowest BCUT2D eigenvalue weighted by Gasteiger charge is -2.28. The number of ether oxygens (including phenoxy) is 3. The smallest absolute Gasteiger partial charge is 0.164 e. The van der Waals surface area contributed by atoms with Crippen LogP contribution in [-0.2, 0) is 6.54 Å². The third-order valence-corrected chi connectivity index (χ3v) is 3.39. The highest BCUT2D eigenvalue weighted by Gasteiger charge is 2.16. The molecule has 0 unspecified atom stereocenters. The van der Waals surface area contributed by atoms with Crippen LogP contribution in [0.15, 0.2) is 12.1 Å². The van der Waals surface area contributed by atoms with Gasteiger partial charge in [0.05, 0.1) is 21.3 Å². The molecule has 0 saturated carbocycles. The molecule has 0 bridgehead atoms. The quantitative estimate of drug-likeness (QED) is 0.894. The van der Waals surface area contributed by atoms with Gasteiger partial charge in [-0.3, -0.25) is 4.90 Å². The number of nitrogens with one attached hydrogen (secondary N) is 1. The van der Waals surface area contributed by atoms with Gasteiger partial charge in [0.2, 0.25) is 0 Å². The van der Waals surface area contributed by atoms with Crippen molar-refractivity contribution in [2.45, 2.75) is 6.54 Å². The van der Waals surface area contributed by atoms with Crippen LogP contribution >= 0.6 is 12.4 Å². The van der Waals surface area contributed by atoms with Crippen molar-refractivity contribution in [1.29, 1.82) is 0 Å². The Labute approximate surface area is 126 Å². The zero-order chi connectivity index (χ0) is 13.7. The second-order valence-electron chi connectivity index (χ2n) is 4.55. The molecule has 0 amide bonds. The highest BCUT2D eigenvalue weighted by atomic mass is 35.5. The molecule has 0 atom stereocenters. The monoisotopic (exact) mass is 302 g/mol. The molecule has 0 spiro atoms. The number of halogens is 1. The van der Waals surface area contributed by atoms with Gasteiger partial charge in [0, 0.05) is 44.4 Å². The van der Waals surface area contributed by atoms with Crippen molar-refractivity contribution in [3.05, 3.63) is 17.7 Å². The van der Waals surface area contributed by atoms with E-state index in [4.69, 9.17) is 14.2 Å².